The Balaban J connectivity index is 1.57. The Morgan fingerprint density at radius 1 is 1.27 bits per heavy atom. The molecular formula is C20H25N3O2S. The summed E-state index contributed by atoms with van der Waals surface area (Å²) in [5.74, 6) is -0.0256. The molecule has 5 nitrogen and oxygen atoms in total. The molecule has 1 fully saturated rings. The fourth-order valence-corrected chi connectivity index (χ4v) is 3.84. The first kappa shape index (κ1) is 18.6. The van der Waals surface area contributed by atoms with Gasteiger partial charge in [0.05, 0.1) is 10.9 Å². The van der Waals surface area contributed by atoms with Gasteiger partial charge in [-0.2, -0.15) is 0 Å². The largest absolute Gasteiger partial charge is 0.351 e. The van der Waals surface area contributed by atoms with Crippen LogP contribution < -0.4 is 10.6 Å². The number of carbonyl (C=O) groups excluding carboxylic acids is 2. The maximum Gasteiger partial charge on any atom is 0.261 e. The van der Waals surface area contributed by atoms with Gasteiger partial charge in [0.2, 0.25) is 5.91 Å². The Labute approximate surface area is 158 Å². The number of amides is 2. The molecule has 1 aromatic carbocycles. The number of rotatable bonds is 6. The number of hydrogen-bond donors (Lipinski definition) is 2. The standard InChI is InChI=1S/C20H25N3O2S/c1-2-15-5-7-16(8-6-15)17-14-21-11-12-23(17)19(24)9-10-22-20(25)18-4-3-13-26-18/h3-8,13,17,21H,2,9-12,14H2,1H3,(H,22,25). The van der Waals surface area contributed by atoms with E-state index in [4.69, 9.17) is 0 Å². The molecule has 6 heteroatoms. The smallest absolute Gasteiger partial charge is 0.261 e. The Morgan fingerprint density at radius 3 is 2.77 bits per heavy atom. The Kier molecular flexibility index (Phi) is 6.41. The van der Waals surface area contributed by atoms with Gasteiger partial charge in [-0.3, -0.25) is 9.59 Å². The third-order valence-electron chi connectivity index (χ3n) is 4.71. The number of benzene rings is 1. The zero-order valence-electron chi connectivity index (χ0n) is 15.0. The molecule has 2 N–H and O–H groups in total. The average molecular weight is 372 g/mol. The van der Waals surface area contributed by atoms with E-state index in [1.807, 2.05) is 16.3 Å². The molecule has 1 aliphatic rings. The molecule has 26 heavy (non-hydrogen) atoms. The molecule has 3 rings (SSSR count). The predicted molar refractivity (Wildman–Crippen MR) is 104 cm³/mol. The van der Waals surface area contributed by atoms with Gasteiger partial charge in [-0.1, -0.05) is 37.3 Å². The van der Waals surface area contributed by atoms with Crippen molar-refractivity contribution in [1.82, 2.24) is 15.5 Å². The van der Waals surface area contributed by atoms with Gasteiger partial charge < -0.3 is 15.5 Å². The van der Waals surface area contributed by atoms with E-state index in [9.17, 15) is 9.59 Å². The van der Waals surface area contributed by atoms with Crippen LogP contribution >= 0.6 is 11.3 Å². The molecular weight excluding hydrogens is 346 g/mol. The van der Waals surface area contributed by atoms with Crippen molar-refractivity contribution in [2.75, 3.05) is 26.2 Å². The monoisotopic (exact) mass is 371 g/mol. The zero-order chi connectivity index (χ0) is 18.4. The molecule has 1 atom stereocenters. The van der Waals surface area contributed by atoms with Crippen molar-refractivity contribution in [3.05, 3.63) is 57.8 Å². The molecule has 0 radical (unpaired) electrons. The van der Waals surface area contributed by atoms with E-state index in [-0.39, 0.29) is 17.9 Å². The average Bonchev–Trinajstić information content (AvgIpc) is 3.23. The van der Waals surface area contributed by atoms with Crippen molar-refractivity contribution >= 4 is 23.2 Å². The van der Waals surface area contributed by atoms with E-state index in [1.54, 1.807) is 6.07 Å². The lowest BCUT2D eigenvalue weighted by molar-refractivity contribution is -0.134. The summed E-state index contributed by atoms with van der Waals surface area (Å²) >= 11 is 1.40. The maximum atomic E-state index is 12.7. The van der Waals surface area contributed by atoms with Crippen molar-refractivity contribution in [3.8, 4) is 0 Å². The second-order valence-corrected chi connectivity index (χ2v) is 7.33. The molecule has 0 saturated carbocycles. The van der Waals surface area contributed by atoms with E-state index in [0.29, 0.717) is 24.4 Å². The van der Waals surface area contributed by atoms with Gasteiger partial charge in [0.1, 0.15) is 0 Å². The SMILES string of the molecule is CCc1ccc(C2CNCCN2C(=O)CCNC(=O)c2cccs2)cc1. The number of hydrogen-bond acceptors (Lipinski definition) is 4. The highest BCUT2D eigenvalue weighted by Crippen LogP contribution is 2.23. The van der Waals surface area contributed by atoms with Crippen LogP contribution in [-0.2, 0) is 11.2 Å². The molecule has 0 spiro atoms. The van der Waals surface area contributed by atoms with Gasteiger partial charge in [-0.15, -0.1) is 11.3 Å². The number of piperazine rings is 1. The summed E-state index contributed by atoms with van der Waals surface area (Å²) in [5.41, 5.74) is 2.46. The normalized spacial score (nSPS) is 17.1. The minimum atomic E-state index is -0.111. The van der Waals surface area contributed by atoms with Crippen molar-refractivity contribution in [2.45, 2.75) is 25.8 Å². The topological polar surface area (TPSA) is 61.4 Å². The highest BCUT2D eigenvalue weighted by molar-refractivity contribution is 7.12. The van der Waals surface area contributed by atoms with E-state index >= 15 is 0 Å². The molecule has 2 amide bonds. The summed E-state index contributed by atoms with van der Waals surface area (Å²) < 4.78 is 0. The van der Waals surface area contributed by atoms with Crippen molar-refractivity contribution in [2.24, 2.45) is 0 Å². The van der Waals surface area contributed by atoms with Crippen molar-refractivity contribution in [1.29, 1.82) is 0 Å². The minimum Gasteiger partial charge on any atom is -0.351 e. The number of nitrogens with one attached hydrogen (secondary N) is 2. The molecule has 0 bridgehead atoms. The third-order valence-corrected chi connectivity index (χ3v) is 5.57. The van der Waals surface area contributed by atoms with Gasteiger partial charge in [-0.25, -0.2) is 0 Å². The van der Waals surface area contributed by atoms with Gasteiger partial charge in [0, 0.05) is 32.6 Å². The van der Waals surface area contributed by atoms with E-state index in [1.165, 1.54) is 16.9 Å². The summed E-state index contributed by atoms with van der Waals surface area (Å²) in [7, 11) is 0. The summed E-state index contributed by atoms with van der Waals surface area (Å²) in [6.45, 7) is 4.76. The number of aryl methyl sites for hydroxylation is 1. The van der Waals surface area contributed by atoms with Crippen LogP contribution in [0.2, 0.25) is 0 Å². The highest BCUT2D eigenvalue weighted by atomic mass is 32.1. The van der Waals surface area contributed by atoms with Gasteiger partial charge in [0.25, 0.3) is 5.91 Å². The minimum absolute atomic E-state index is 0.0511. The van der Waals surface area contributed by atoms with Crippen LogP contribution in [0, 0.1) is 0 Å². The Morgan fingerprint density at radius 2 is 2.08 bits per heavy atom. The first-order valence-corrected chi connectivity index (χ1v) is 9.97. The zero-order valence-corrected chi connectivity index (χ0v) is 15.8. The Bertz CT molecular complexity index is 728. The second kappa shape index (κ2) is 8.96. The fraction of sp³-hybridized carbons (Fsp3) is 0.400. The van der Waals surface area contributed by atoms with Crippen LogP contribution in [0.4, 0.5) is 0 Å². The summed E-state index contributed by atoms with van der Waals surface area (Å²) in [4.78, 5) is 27.3. The third kappa shape index (κ3) is 4.51. The van der Waals surface area contributed by atoms with Gasteiger partial charge in [-0.05, 0) is 29.0 Å². The molecule has 1 unspecified atom stereocenters. The summed E-state index contributed by atoms with van der Waals surface area (Å²) in [6.07, 6.45) is 1.33. The molecule has 1 aromatic heterocycles. The molecule has 2 aromatic rings. The van der Waals surface area contributed by atoms with Crippen molar-refractivity contribution < 1.29 is 9.59 Å². The van der Waals surface area contributed by atoms with Crippen LogP contribution in [0.25, 0.3) is 0 Å². The predicted octanol–water partition coefficient (Wildman–Crippen LogP) is 2.60. The first-order chi connectivity index (χ1) is 12.7. The summed E-state index contributed by atoms with van der Waals surface area (Å²) in [6, 6.07) is 12.2. The van der Waals surface area contributed by atoms with Gasteiger partial charge in [0.15, 0.2) is 0 Å². The van der Waals surface area contributed by atoms with E-state index < -0.39 is 0 Å². The van der Waals surface area contributed by atoms with Crippen LogP contribution in [0.3, 0.4) is 0 Å². The van der Waals surface area contributed by atoms with Crippen LogP contribution in [-0.4, -0.2) is 42.9 Å². The Hall–Kier alpha value is -2.18. The number of nitrogens with zero attached hydrogens (tertiary/aromatic N) is 1. The molecule has 1 aliphatic heterocycles. The second-order valence-electron chi connectivity index (χ2n) is 6.39. The quantitative estimate of drug-likeness (QED) is 0.821. The molecule has 1 saturated heterocycles. The first-order valence-electron chi connectivity index (χ1n) is 9.09. The number of thiophene rings is 1. The lowest BCUT2D eigenvalue weighted by Gasteiger charge is -2.36. The van der Waals surface area contributed by atoms with E-state index in [0.717, 1.165) is 25.1 Å². The number of carbonyl (C=O) groups is 2. The van der Waals surface area contributed by atoms with Crippen LogP contribution in [0.5, 0.6) is 0 Å². The molecule has 138 valence electrons. The lowest BCUT2D eigenvalue weighted by atomic mass is 10.0. The van der Waals surface area contributed by atoms with Crippen molar-refractivity contribution in [3.63, 3.8) is 0 Å². The maximum absolute atomic E-state index is 12.7. The fourth-order valence-electron chi connectivity index (χ4n) is 3.20. The molecule has 0 aliphatic carbocycles. The molecule has 2 heterocycles. The van der Waals surface area contributed by atoms with E-state index in [2.05, 4.69) is 41.8 Å². The van der Waals surface area contributed by atoms with Gasteiger partial charge >= 0.3 is 0 Å². The van der Waals surface area contributed by atoms with Crippen LogP contribution in [0.1, 0.15) is 40.2 Å². The summed E-state index contributed by atoms with van der Waals surface area (Å²) in [5, 5.41) is 8.08. The van der Waals surface area contributed by atoms with Crippen LogP contribution in [0.15, 0.2) is 41.8 Å². The lowest BCUT2D eigenvalue weighted by Crippen LogP contribution is -2.49. The highest BCUT2D eigenvalue weighted by Gasteiger charge is 2.27.